The van der Waals surface area contributed by atoms with E-state index in [0.29, 0.717) is 0 Å². The summed E-state index contributed by atoms with van der Waals surface area (Å²) in [5.41, 5.74) is 0. The number of hydrogen-bond acceptors (Lipinski definition) is 0. The van der Waals surface area contributed by atoms with Crippen molar-refractivity contribution < 1.29 is 30.7 Å². The molecule has 0 rings (SSSR count). The molecule has 0 saturated heterocycles. The van der Waals surface area contributed by atoms with Gasteiger partial charge in [-0.25, -0.2) is 4.39 Å². The molecule has 82 valence electrons. The van der Waals surface area contributed by atoms with E-state index in [4.69, 9.17) is 0 Å². The normalized spacial score (nSPS) is 12.5. The lowest BCUT2D eigenvalue weighted by molar-refractivity contribution is -0.142. The topological polar surface area (TPSA) is 0 Å². The molecule has 0 N–H and O–H groups in total. The fourth-order valence-corrected chi connectivity index (χ4v) is 0. The Kier molecular flexibility index (Phi) is 6.87. The number of alkyl halides is 9. The standard InChI is InChI=1S/C2HCl2F3.C2H2F4/c3-1(4)2(5,6)7;3-1-2(4,5)6/h1H;1H2. The molecule has 0 aliphatic rings. The highest BCUT2D eigenvalue weighted by atomic mass is 35.5. The van der Waals surface area contributed by atoms with Crippen LogP contribution < -0.4 is 0 Å². The van der Waals surface area contributed by atoms with E-state index in [2.05, 4.69) is 23.2 Å². The van der Waals surface area contributed by atoms with Gasteiger partial charge in [-0.2, -0.15) is 26.3 Å². The van der Waals surface area contributed by atoms with Gasteiger partial charge >= 0.3 is 12.4 Å². The molecule has 0 unspecified atom stereocenters. The highest BCUT2D eigenvalue weighted by molar-refractivity contribution is 6.44. The Hall–Kier alpha value is 0.0900. The molecular formula is C4H3Cl2F7. The molecule has 0 fully saturated rings. The Morgan fingerprint density at radius 1 is 0.923 bits per heavy atom. The highest BCUT2D eigenvalue weighted by Gasteiger charge is 2.36. The molecule has 0 aliphatic heterocycles. The van der Waals surface area contributed by atoms with E-state index in [1.54, 1.807) is 0 Å². The highest BCUT2D eigenvalue weighted by Crippen LogP contribution is 2.27. The van der Waals surface area contributed by atoms with Crippen molar-refractivity contribution in [2.45, 2.75) is 17.2 Å². The van der Waals surface area contributed by atoms with Crippen molar-refractivity contribution in [1.82, 2.24) is 0 Å². The molecule has 0 nitrogen and oxygen atoms in total. The van der Waals surface area contributed by atoms with Crippen LogP contribution in [0.2, 0.25) is 0 Å². The van der Waals surface area contributed by atoms with Gasteiger partial charge in [0.2, 0.25) is 4.84 Å². The first-order chi connectivity index (χ1) is 5.50. The summed E-state index contributed by atoms with van der Waals surface area (Å²) in [6.45, 7) is -2.23. The fourth-order valence-electron chi connectivity index (χ4n) is 0. The average Bonchev–Trinajstić information content (AvgIpc) is 1.85. The van der Waals surface area contributed by atoms with Gasteiger partial charge in [0.1, 0.15) is 0 Å². The first-order valence-electron chi connectivity index (χ1n) is 2.48. The maximum atomic E-state index is 10.9. The van der Waals surface area contributed by atoms with E-state index >= 15 is 0 Å². The van der Waals surface area contributed by atoms with Crippen LogP contribution in [-0.2, 0) is 0 Å². The molecule has 0 radical (unpaired) electrons. The molecule has 0 spiro atoms. The molecule has 0 atom stereocenters. The molecule has 0 amide bonds. The summed E-state index contributed by atoms with van der Waals surface area (Å²) in [7, 11) is 0. The molecule has 0 aromatic carbocycles. The molecule has 0 aromatic rings. The first-order valence-corrected chi connectivity index (χ1v) is 3.35. The Morgan fingerprint density at radius 3 is 1.08 bits per heavy atom. The van der Waals surface area contributed by atoms with E-state index in [9.17, 15) is 30.7 Å². The van der Waals surface area contributed by atoms with Gasteiger partial charge in [-0.3, -0.25) is 0 Å². The maximum Gasteiger partial charge on any atom is 0.418 e. The minimum absolute atomic E-state index is 2.23. The maximum absolute atomic E-state index is 10.9. The number of hydrogen-bond donors (Lipinski definition) is 0. The van der Waals surface area contributed by atoms with Crippen molar-refractivity contribution in [3.05, 3.63) is 0 Å². The molecule has 13 heavy (non-hydrogen) atoms. The Bertz CT molecular complexity index is 125. The van der Waals surface area contributed by atoms with Crippen LogP contribution in [0, 0.1) is 0 Å². The van der Waals surface area contributed by atoms with Gasteiger partial charge in [0.15, 0.2) is 6.67 Å². The van der Waals surface area contributed by atoms with Crippen molar-refractivity contribution in [2.24, 2.45) is 0 Å². The lowest BCUT2D eigenvalue weighted by atomic mass is 10.8. The van der Waals surface area contributed by atoms with Gasteiger partial charge in [-0.05, 0) is 0 Å². The SMILES string of the molecule is FC(F)(F)C(Cl)Cl.FCC(F)(F)F. The second kappa shape index (κ2) is 5.74. The van der Waals surface area contributed by atoms with Crippen LogP contribution in [0.4, 0.5) is 30.7 Å². The monoisotopic (exact) mass is 254 g/mol. The van der Waals surface area contributed by atoms with Crippen molar-refractivity contribution in [3.63, 3.8) is 0 Å². The quantitative estimate of drug-likeness (QED) is 0.455. The van der Waals surface area contributed by atoms with Crippen LogP contribution >= 0.6 is 23.2 Å². The van der Waals surface area contributed by atoms with Crippen LogP contribution in [0.3, 0.4) is 0 Å². The van der Waals surface area contributed by atoms with Gasteiger partial charge in [0.25, 0.3) is 0 Å². The predicted octanol–water partition coefficient (Wildman–Crippen LogP) is 3.87. The zero-order valence-electron chi connectivity index (χ0n) is 5.69. The van der Waals surface area contributed by atoms with E-state index < -0.39 is 23.9 Å². The summed E-state index contributed by atoms with van der Waals surface area (Å²) in [6.07, 6.45) is -9.09. The molecule has 0 saturated carbocycles. The minimum atomic E-state index is -4.62. The summed E-state index contributed by atoms with van der Waals surface area (Å²) in [5, 5.41) is 0. The second-order valence-electron chi connectivity index (χ2n) is 1.59. The van der Waals surface area contributed by atoms with Gasteiger partial charge in [0.05, 0.1) is 0 Å². The summed E-state index contributed by atoms with van der Waals surface area (Å²) in [6, 6.07) is 0. The lowest BCUT2D eigenvalue weighted by Gasteiger charge is -2.03. The van der Waals surface area contributed by atoms with Crippen LogP contribution in [0.15, 0.2) is 0 Å². The van der Waals surface area contributed by atoms with Gasteiger partial charge in [0, 0.05) is 0 Å². The largest absolute Gasteiger partial charge is 0.418 e. The van der Waals surface area contributed by atoms with Crippen LogP contribution in [-0.4, -0.2) is 23.9 Å². The summed E-state index contributed by atoms with van der Waals surface area (Å²) in [5.74, 6) is 0. The van der Waals surface area contributed by atoms with Crippen LogP contribution in [0.1, 0.15) is 0 Å². The second-order valence-corrected chi connectivity index (χ2v) is 2.69. The van der Waals surface area contributed by atoms with Gasteiger partial charge in [-0.1, -0.05) is 23.2 Å². The van der Waals surface area contributed by atoms with Crippen LogP contribution in [0.25, 0.3) is 0 Å². The lowest BCUT2D eigenvalue weighted by Crippen LogP contribution is -2.16. The van der Waals surface area contributed by atoms with E-state index in [1.165, 1.54) is 0 Å². The first kappa shape index (κ1) is 15.6. The average molecular weight is 255 g/mol. The molecule has 0 aromatic heterocycles. The number of rotatable bonds is 0. The van der Waals surface area contributed by atoms with E-state index in [1.807, 2.05) is 0 Å². The van der Waals surface area contributed by atoms with E-state index in [0.717, 1.165) is 0 Å². The van der Waals surface area contributed by atoms with Crippen molar-refractivity contribution in [3.8, 4) is 0 Å². The summed E-state index contributed by atoms with van der Waals surface area (Å²) < 4.78 is 74.3. The Labute approximate surface area is 78.6 Å². The Morgan fingerprint density at radius 2 is 1.08 bits per heavy atom. The fraction of sp³-hybridized carbons (Fsp3) is 1.00. The third-order valence-corrected chi connectivity index (χ3v) is 0.894. The summed E-state index contributed by atoms with van der Waals surface area (Å²) >= 11 is 8.79. The summed E-state index contributed by atoms with van der Waals surface area (Å²) in [4.78, 5) is -2.26. The van der Waals surface area contributed by atoms with Gasteiger partial charge in [-0.15, -0.1) is 0 Å². The van der Waals surface area contributed by atoms with E-state index in [-0.39, 0.29) is 0 Å². The minimum Gasteiger partial charge on any atom is -0.241 e. The van der Waals surface area contributed by atoms with Crippen molar-refractivity contribution >= 4 is 23.2 Å². The molecule has 9 heteroatoms. The van der Waals surface area contributed by atoms with Crippen molar-refractivity contribution in [1.29, 1.82) is 0 Å². The van der Waals surface area contributed by atoms with Gasteiger partial charge < -0.3 is 0 Å². The number of halogens is 9. The predicted molar refractivity (Wildman–Crippen MR) is 33.6 cm³/mol. The van der Waals surface area contributed by atoms with Crippen LogP contribution in [0.5, 0.6) is 0 Å². The third-order valence-electron chi connectivity index (χ3n) is 0.399. The zero-order valence-corrected chi connectivity index (χ0v) is 7.20. The molecule has 0 bridgehead atoms. The third kappa shape index (κ3) is 14.9. The zero-order chi connectivity index (χ0) is 11.3. The molecule has 0 aliphatic carbocycles. The smallest absolute Gasteiger partial charge is 0.241 e. The molecule has 0 heterocycles. The molecular weight excluding hydrogens is 252 g/mol. The van der Waals surface area contributed by atoms with Crippen molar-refractivity contribution in [2.75, 3.05) is 6.67 Å². The Balaban J connectivity index is 0.